The van der Waals surface area contributed by atoms with Gasteiger partial charge in [-0.1, -0.05) is 6.92 Å². The number of fused-ring (bicyclic) bond motifs is 1. The van der Waals surface area contributed by atoms with Crippen molar-refractivity contribution >= 4 is 17.0 Å². The average Bonchev–Trinajstić information content (AvgIpc) is 2.59. The number of nitrogens with zero attached hydrogens (tertiary/aromatic N) is 3. The van der Waals surface area contributed by atoms with Gasteiger partial charge in [0.05, 0.1) is 0 Å². The van der Waals surface area contributed by atoms with E-state index in [1.165, 1.54) is 6.33 Å². The fourth-order valence-electron chi connectivity index (χ4n) is 1.39. The summed E-state index contributed by atoms with van der Waals surface area (Å²) in [5.41, 5.74) is 1.60. The molecule has 0 unspecified atom stereocenters. The highest BCUT2D eigenvalue weighted by Crippen LogP contribution is 2.17. The van der Waals surface area contributed by atoms with Crippen molar-refractivity contribution in [2.45, 2.75) is 33.2 Å². The molecule has 1 atom stereocenters. The zero-order chi connectivity index (χ0) is 10.8. The summed E-state index contributed by atoms with van der Waals surface area (Å²) in [5.74, 6) is 1.69. The van der Waals surface area contributed by atoms with Crippen LogP contribution >= 0.6 is 0 Å². The second-order valence-corrected chi connectivity index (χ2v) is 3.70. The van der Waals surface area contributed by atoms with Crippen LogP contribution in [0.15, 0.2) is 6.33 Å². The van der Waals surface area contributed by atoms with Gasteiger partial charge in [0.25, 0.3) is 0 Å². The highest BCUT2D eigenvalue weighted by molar-refractivity contribution is 5.82. The Kier molecular flexibility index (Phi) is 2.53. The van der Waals surface area contributed by atoms with E-state index in [0.717, 1.165) is 23.6 Å². The Bertz CT molecular complexity index is 462. The Morgan fingerprint density at radius 2 is 2.27 bits per heavy atom. The minimum absolute atomic E-state index is 0.395. The monoisotopic (exact) mass is 205 g/mol. The maximum Gasteiger partial charge on any atom is 0.183 e. The van der Waals surface area contributed by atoms with Crippen molar-refractivity contribution in [3.8, 4) is 0 Å². The average molecular weight is 205 g/mol. The number of hydrogen-bond acceptors (Lipinski definition) is 4. The van der Waals surface area contributed by atoms with Gasteiger partial charge in [0.15, 0.2) is 11.5 Å². The topological polar surface area (TPSA) is 66.5 Å². The summed E-state index contributed by atoms with van der Waals surface area (Å²) in [7, 11) is 0. The number of hydrogen-bond donors (Lipinski definition) is 2. The first kappa shape index (κ1) is 9.89. The molecule has 0 saturated heterocycles. The molecule has 2 aromatic rings. The van der Waals surface area contributed by atoms with Crippen molar-refractivity contribution in [2.75, 3.05) is 5.32 Å². The van der Waals surface area contributed by atoms with Crippen molar-refractivity contribution in [1.29, 1.82) is 0 Å². The molecule has 2 N–H and O–H groups in total. The first-order valence-electron chi connectivity index (χ1n) is 5.14. The molecule has 0 amide bonds. The lowest BCUT2D eigenvalue weighted by atomic mass is 10.2. The van der Waals surface area contributed by atoms with E-state index in [1.807, 2.05) is 6.92 Å². The number of anilines is 1. The first-order chi connectivity index (χ1) is 7.20. The van der Waals surface area contributed by atoms with Crippen molar-refractivity contribution < 1.29 is 0 Å². The molecule has 5 nitrogen and oxygen atoms in total. The van der Waals surface area contributed by atoms with Crippen molar-refractivity contribution in [2.24, 2.45) is 0 Å². The molecule has 5 heteroatoms. The van der Waals surface area contributed by atoms with Gasteiger partial charge < -0.3 is 10.3 Å². The molecule has 0 fully saturated rings. The Morgan fingerprint density at radius 1 is 1.47 bits per heavy atom. The van der Waals surface area contributed by atoms with Crippen molar-refractivity contribution in [3.63, 3.8) is 0 Å². The molecule has 0 saturated carbocycles. The van der Waals surface area contributed by atoms with E-state index in [2.05, 4.69) is 39.1 Å². The number of aromatic amines is 1. The summed E-state index contributed by atoms with van der Waals surface area (Å²) in [6.07, 6.45) is 2.59. The van der Waals surface area contributed by atoms with Crippen molar-refractivity contribution in [3.05, 3.63) is 12.2 Å². The van der Waals surface area contributed by atoms with Gasteiger partial charge in [-0.2, -0.15) is 0 Å². The summed E-state index contributed by atoms with van der Waals surface area (Å²) in [6, 6.07) is 0.395. The van der Waals surface area contributed by atoms with Gasteiger partial charge in [-0.3, -0.25) is 0 Å². The Labute approximate surface area is 88.4 Å². The van der Waals surface area contributed by atoms with Crippen LogP contribution in [0.2, 0.25) is 0 Å². The van der Waals surface area contributed by atoms with Gasteiger partial charge in [-0.25, -0.2) is 15.0 Å². The van der Waals surface area contributed by atoms with Crippen LogP contribution in [0.4, 0.5) is 5.82 Å². The summed E-state index contributed by atoms with van der Waals surface area (Å²) in [4.78, 5) is 15.7. The lowest BCUT2D eigenvalue weighted by Crippen LogP contribution is -2.14. The second-order valence-electron chi connectivity index (χ2n) is 3.70. The van der Waals surface area contributed by atoms with E-state index in [0.29, 0.717) is 11.7 Å². The van der Waals surface area contributed by atoms with Crippen molar-refractivity contribution in [1.82, 2.24) is 19.9 Å². The van der Waals surface area contributed by atoms with Crippen LogP contribution in [0, 0.1) is 6.92 Å². The van der Waals surface area contributed by atoms with Crippen LogP contribution in [0.25, 0.3) is 11.2 Å². The predicted octanol–water partition coefficient (Wildman–Crippen LogP) is 1.87. The molecule has 0 aromatic carbocycles. The number of aryl methyl sites for hydroxylation is 1. The highest BCUT2D eigenvalue weighted by Gasteiger charge is 2.08. The molecular formula is C10H15N5. The number of aromatic nitrogens is 4. The third kappa shape index (κ3) is 1.91. The van der Waals surface area contributed by atoms with E-state index < -0.39 is 0 Å². The molecule has 0 aliphatic carbocycles. The maximum absolute atomic E-state index is 4.26. The van der Waals surface area contributed by atoms with E-state index >= 15 is 0 Å². The molecular weight excluding hydrogens is 190 g/mol. The predicted molar refractivity (Wildman–Crippen MR) is 59.8 cm³/mol. The van der Waals surface area contributed by atoms with Gasteiger partial charge in [-0.15, -0.1) is 0 Å². The number of H-pyrrole nitrogens is 1. The number of rotatable bonds is 3. The van der Waals surface area contributed by atoms with E-state index in [4.69, 9.17) is 0 Å². The maximum atomic E-state index is 4.26. The second kappa shape index (κ2) is 3.84. The van der Waals surface area contributed by atoms with Gasteiger partial charge in [0, 0.05) is 6.04 Å². The van der Waals surface area contributed by atoms with Gasteiger partial charge in [0.2, 0.25) is 0 Å². The smallest absolute Gasteiger partial charge is 0.183 e. The first-order valence-corrected chi connectivity index (χ1v) is 5.14. The normalized spacial score (nSPS) is 13.0. The van der Waals surface area contributed by atoms with Crippen LogP contribution in [0.3, 0.4) is 0 Å². The Morgan fingerprint density at radius 3 is 3.00 bits per heavy atom. The molecule has 0 bridgehead atoms. The van der Waals surface area contributed by atoms with Crippen LogP contribution in [-0.2, 0) is 0 Å². The fraction of sp³-hybridized carbons (Fsp3) is 0.500. The minimum Gasteiger partial charge on any atom is -0.366 e. The van der Waals surface area contributed by atoms with Gasteiger partial charge >= 0.3 is 0 Å². The zero-order valence-corrected chi connectivity index (χ0v) is 9.20. The summed E-state index contributed by atoms with van der Waals surface area (Å²) < 4.78 is 0. The molecule has 2 heterocycles. The van der Waals surface area contributed by atoms with E-state index in [1.54, 1.807) is 0 Å². The van der Waals surface area contributed by atoms with Gasteiger partial charge in [-0.05, 0) is 20.3 Å². The summed E-state index contributed by atoms with van der Waals surface area (Å²) in [6.45, 7) is 6.17. The van der Waals surface area contributed by atoms with Crippen LogP contribution in [-0.4, -0.2) is 26.0 Å². The SMILES string of the molecule is CC[C@H](C)Nc1ncnc2nc(C)[nH]c12. The standard InChI is InChI=1S/C10H15N5/c1-4-6(2)13-9-8-10(12-5-11-9)15-7(3)14-8/h5-6H,4H2,1-3H3,(H2,11,12,13,14,15)/t6-/m0/s1. The lowest BCUT2D eigenvalue weighted by molar-refractivity contribution is 0.760. The number of imidazole rings is 1. The van der Waals surface area contributed by atoms with Crippen LogP contribution < -0.4 is 5.32 Å². The number of nitrogens with one attached hydrogen (secondary N) is 2. The quantitative estimate of drug-likeness (QED) is 0.802. The Hall–Kier alpha value is -1.65. The molecule has 0 radical (unpaired) electrons. The minimum atomic E-state index is 0.395. The van der Waals surface area contributed by atoms with E-state index in [-0.39, 0.29) is 0 Å². The molecule has 2 aromatic heterocycles. The fourth-order valence-corrected chi connectivity index (χ4v) is 1.39. The largest absolute Gasteiger partial charge is 0.366 e. The molecule has 0 aliphatic heterocycles. The third-order valence-electron chi connectivity index (χ3n) is 2.40. The third-order valence-corrected chi connectivity index (χ3v) is 2.40. The Balaban J connectivity index is 2.41. The molecule has 0 spiro atoms. The molecule has 0 aliphatic rings. The van der Waals surface area contributed by atoms with E-state index in [9.17, 15) is 0 Å². The molecule has 2 rings (SSSR count). The van der Waals surface area contributed by atoms with Gasteiger partial charge in [0.1, 0.15) is 17.7 Å². The molecule has 15 heavy (non-hydrogen) atoms. The summed E-state index contributed by atoms with van der Waals surface area (Å²) in [5, 5.41) is 3.33. The van der Waals surface area contributed by atoms with Crippen LogP contribution in [0.1, 0.15) is 26.1 Å². The lowest BCUT2D eigenvalue weighted by Gasteiger charge is -2.11. The molecule has 80 valence electrons. The summed E-state index contributed by atoms with van der Waals surface area (Å²) >= 11 is 0. The van der Waals surface area contributed by atoms with Crippen LogP contribution in [0.5, 0.6) is 0 Å². The highest BCUT2D eigenvalue weighted by atomic mass is 15.1. The zero-order valence-electron chi connectivity index (χ0n) is 9.20.